The second kappa shape index (κ2) is 8.29. The molecule has 0 unspecified atom stereocenters. The van der Waals surface area contributed by atoms with E-state index >= 15 is 0 Å². The third kappa shape index (κ3) is 4.80. The second-order valence-electron chi connectivity index (χ2n) is 6.14. The van der Waals surface area contributed by atoms with Gasteiger partial charge < -0.3 is 10.1 Å². The van der Waals surface area contributed by atoms with E-state index in [0.717, 1.165) is 6.07 Å². The number of nitrogens with zero attached hydrogens (tertiary/aromatic N) is 1. The quantitative estimate of drug-likeness (QED) is 0.831. The van der Waals surface area contributed by atoms with Crippen LogP contribution in [0.2, 0.25) is 5.02 Å². The minimum atomic E-state index is -4.63. The minimum absolute atomic E-state index is 0.0480. The van der Waals surface area contributed by atoms with Crippen LogP contribution < -0.4 is 5.32 Å². The molecule has 0 bridgehead atoms. The number of anilines is 1. The number of amides is 1. The summed E-state index contributed by atoms with van der Waals surface area (Å²) in [6.45, 7) is 1.95. The van der Waals surface area contributed by atoms with Crippen LogP contribution in [0, 0.1) is 0 Å². The summed E-state index contributed by atoms with van der Waals surface area (Å²) in [7, 11) is 0. The van der Waals surface area contributed by atoms with Gasteiger partial charge >= 0.3 is 6.18 Å². The van der Waals surface area contributed by atoms with Crippen molar-refractivity contribution in [2.45, 2.75) is 12.2 Å². The third-order valence-corrected chi connectivity index (χ3v) is 4.55. The van der Waals surface area contributed by atoms with Crippen LogP contribution in [-0.4, -0.2) is 37.1 Å². The topological polar surface area (TPSA) is 41.6 Å². The first-order valence-corrected chi connectivity index (χ1v) is 8.78. The molecule has 27 heavy (non-hydrogen) atoms. The Morgan fingerprint density at radius 3 is 2.41 bits per heavy atom. The molecule has 3 rings (SSSR count). The van der Waals surface area contributed by atoms with E-state index in [4.69, 9.17) is 16.3 Å². The van der Waals surface area contributed by atoms with E-state index in [1.807, 2.05) is 11.0 Å². The number of morpholine rings is 1. The van der Waals surface area contributed by atoms with Crippen LogP contribution in [0.3, 0.4) is 0 Å². The number of carbonyl (C=O) groups excluding carboxylic acids is 1. The van der Waals surface area contributed by atoms with Crippen molar-refractivity contribution < 1.29 is 22.7 Å². The number of carbonyl (C=O) groups is 1. The van der Waals surface area contributed by atoms with Gasteiger partial charge in [-0.25, -0.2) is 0 Å². The van der Waals surface area contributed by atoms with Crippen molar-refractivity contribution in [1.82, 2.24) is 4.90 Å². The highest BCUT2D eigenvalue weighted by Gasteiger charge is 2.36. The van der Waals surface area contributed by atoms with Crippen LogP contribution in [0.15, 0.2) is 48.5 Å². The highest BCUT2D eigenvalue weighted by atomic mass is 35.5. The lowest BCUT2D eigenvalue weighted by Crippen LogP contribution is -2.44. The molecule has 0 aromatic heterocycles. The average Bonchev–Trinajstić information content (AvgIpc) is 2.64. The zero-order valence-corrected chi connectivity index (χ0v) is 15.1. The van der Waals surface area contributed by atoms with Gasteiger partial charge in [0.1, 0.15) is 6.04 Å². The van der Waals surface area contributed by atoms with Crippen molar-refractivity contribution in [2.24, 2.45) is 0 Å². The van der Waals surface area contributed by atoms with Crippen LogP contribution in [-0.2, 0) is 15.7 Å². The smallest absolute Gasteiger partial charge is 0.379 e. The second-order valence-corrected chi connectivity index (χ2v) is 6.57. The summed E-state index contributed by atoms with van der Waals surface area (Å²) in [4.78, 5) is 14.9. The maximum Gasteiger partial charge on any atom is 0.418 e. The summed E-state index contributed by atoms with van der Waals surface area (Å²) in [5.74, 6) is -0.532. The van der Waals surface area contributed by atoms with E-state index < -0.39 is 23.7 Å². The van der Waals surface area contributed by atoms with E-state index in [9.17, 15) is 18.0 Å². The summed E-state index contributed by atoms with van der Waals surface area (Å²) in [5.41, 5.74) is -0.581. The normalized spacial score (nSPS) is 16.7. The first-order chi connectivity index (χ1) is 12.9. The zero-order valence-electron chi connectivity index (χ0n) is 14.3. The highest BCUT2D eigenvalue weighted by Crippen LogP contribution is 2.37. The predicted molar refractivity (Wildman–Crippen MR) is 96.7 cm³/mol. The Balaban J connectivity index is 1.92. The molecule has 2 aromatic carbocycles. The Morgan fingerprint density at radius 1 is 1.11 bits per heavy atom. The summed E-state index contributed by atoms with van der Waals surface area (Å²) in [5, 5.41) is 2.39. The lowest BCUT2D eigenvalue weighted by Gasteiger charge is -2.34. The molecule has 0 saturated carbocycles. The Kier molecular flexibility index (Phi) is 6.04. The molecular formula is C19H18ClF3N2O2. The fourth-order valence-corrected chi connectivity index (χ4v) is 3.23. The van der Waals surface area contributed by atoms with E-state index in [1.54, 1.807) is 24.3 Å². The average molecular weight is 399 g/mol. The number of ether oxygens (including phenoxy) is 1. The largest absolute Gasteiger partial charge is 0.418 e. The molecule has 1 heterocycles. The monoisotopic (exact) mass is 398 g/mol. The van der Waals surface area contributed by atoms with Gasteiger partial charge in [0.2, 0.25) is 5.91 Å². The third-order valence-electron chi connectivity index (χ3n) is 4.32. The maximum absolute atomic E-state index is 13.3. The molecule has 144 valence electrons. The fourth-order valence-electron chi connectivity index (χ4n) is 3.06. The lowest BCUT2D eigenvalue weighted by molar-refractivity contribution is -0.137. The molecule has 0 radical (unpaired) electrons. The van der Waals surface area contributed by atoms with Gasteiger partial charge in [-0.3, -0.25) is 9.69 Å². The van der Waals surface area contributed by atoms with Gasteiger partial charge in [0, 0.05) is 18.1 Å². The molecule has 1 aliphatic rings. The van der Waals surface area contributed by atoms with Crippen molar-refractivity contribution in [2.75, 3.05) is 31.6 Å². The van der Waals surface area contributed by atoms with Crippen molar-refractivity contribution in [1.29, 1.82) is 0 Å². The number of rotatable bonds is 4. The molecule has 1 fully saturated rings. The van der Waals surface area contributed by atoms with E-state index in [-0.39, 0.29) is 10.7 Å². The van der Waals surface area contributed by atoms with Gasteiger partial charge in [0.15, 0.2) is 0 Å². The van der Waals surface area contributed by atoms with E-state index in [0.29, 0.717) is 31.9 Å². The van der Waals surface area contributed by atoms with Crippen LogP contribution in [0.4, 0.5) is 18.9 Å². The first kappa shape index (κ1) is 19.7. The van der Waals surface area contributed by atoms with Gasteiger partial charge in [0.25, 0.3) is 0 Å². The molecule has 8 heteroatoms. The van der Waals surface area contributed by atoms with Crippen LogP contribution >= 0.6 is 11.6 Å². The van der Waals surface area contributed by atoms with Crippen molar-refractivity contribution in [3.8, 4) is 0 Å². The predicted octanol–water partition coefficient (Wildman–Crippen LogP) is 4.37. The highest BCUT2D eigenvalue weighted by molar-refractivity contribution is 6.30. The number of alkyl halides is 3. The number of hydrogen-bond acceptors (Lipinski definition) is 3. The minimum Gasteiger partial charge on any atom is -0.379 e. The Morgan fingerprint density at radius 2 is 1.78 bits per heavy atom. The van der Waals surface area contributed by atoms with Crippen LogP contribution in [0.1, 0.15) is 17.2 Å². The Hall–Kier alpha value is -2.09. The molecule has 1 saturated heterocycles. The number of benzene rings is 2. The standard InChI is InChI=1S/C19H18ClF3N2O2/c20-14-6-7-16(15(12-14)19(21,22)23)24-18(26)17(13-4-2-1-3-5-13)25-8-10-27-11-9-25/h1-7,12,17H,8-11H2,(H,24,26)/t17-/m1/s1. The fraction of sp³-hybridized carbons (Fsp3) is 0.316. The molecule has 1 aliphatic heterocycles. The lowest BCUT2D eigenvalue weighted by atomic mass is 10.0. The number of hydrogen-bond donors (Lipinski definition) is 1. The summed E-state index contributed by atoms with van der Waals surface area (Å²) >= 11 is 5.70. The van der Waals surface area contributed by atoms with Crippen LogP contribution in [0.25, 0.3) is 0 Å². The molecule has 1 N–H and O–H groups in total. The van der Waals surface area contributed by atoms with Crippen LogP contribution in [0.5, 0.6) is 0 Å². The Bertz CT molecular complexity index is 793. The summed E-state index contributed by atoms with van der Waals surface area (Å²) < 4.78 is 45.3. The molecule has 0 spiro atoms. The summed E-state index contributed by atoms with van der Waals surface area (Å²) in [6, 6.07) is 11.6. The molecule has 1 amide bonds. The first-order valence-electron chi connectivity index (χ1n) is 8.40. The maximum atomic E-state index is 13.3. The van der Waals surface area contributed by atoms with Gasteiger partial charge in [-0.2, -0.15) is 13.2 Å². The molecule has 0 aliphatic carbocycles. The van der Waals surface area contributed by atoms with Gasteiger partial charge in [-0.1, -0.05) is 41.9 Å². The molecule has 4 nitrogen and oxygen atoms in total. The Labute approximate surface area is 159 Å². The van der Waals surface area contributed by atoms with Crippen molar-refractivity contribution in [3.63, 3.8) is 0 Å². The van der Waals surface area contributed by atoms with Gasteiger partial charge in [-0.15, -0.1) is 0 Å². The van der Waals surface area contributed by atoms with Crippen molar-refractivity contribution >= 4 is 23.2 Å². The van der Waals surface area contributed by atoms with E-state index in [2.05, 4.69) is 5.32 Å². The van der Waals surface area contributed by atoms with Gasteiger partial charge in [0.05, 0.1) is 24.5 Å². The zero-order chi connectivity index (χ0) is 19.4. The number of halogens is 4. The molecular weight excluding hydrogens is 381 g/mol. The number of nitrogens with one attached hydrogen (secondary N) is 1. The van der Waals surface area contributed by atoms with Crippen molar-refractivity contribution in [3.05, 3.63) is 64.7 Å². The molecule has 2 aromatic rings. The van der Waals surface area contributed by atoms with E-state index in [1.165, 1.54) is 12.1 Å². The SMILES string of the molecule is O=C(Nc1ccc(Cl)cc1C(F)(F)F)[C@@H](c1ccccc1)N1CCOCC1. The summed E-state index contributed by atoms with van der Waals surface area (Å²) in [6.07, 6.45) is -4.63. The molecule has 1 atom stereocenters. The van der Waals surface area contributed by atoms with Gasteiger partial charge in [-0.05, 0) is 23.8 Å².